The van der Waals surface area contributed by atoms with Gasteiger partial charge < -0.3 is 0 Å². The number of benzene rings is 2. The minimum Gasteiger partial charge on any atom is -0.258 e. The van der Waals surface area contributed by atoms with Crippen molar-refractivity contribution in [3.05, 3.63) is 67.6 Å². The third-order valence-corrected chi connectivity index (χ3v) is 4.29. The highest BCUT2D eigenvalue weighted by molar-refractivity contribution is 9.10. The Morgan fingerprint density at radius 2 is 2.05 bits per heavy atom. The maximum absolute atomic E-state index is 10.8. The molecule has 19 heavy (non-hydrogen) atoms. The largest absolute Gasteiger partial charge is 0.288 e. The molecule has 0 aromatic heterocycles. The van der Waals surface area contributed by atoms with E-state index in [9.17, 15) is 10.1 Å². The average molecular weight is 359 g/mol. The third-order valence-electron chi connectivity index (χ3n) is 2.41. The summed E-state index contributed by atoms with van der Waals surface area (Å²) in [5.41, 5.74) is 0.829. The van der Waals surface area contributed by atoms with Crippen molar-refractivity contribution in [2.75, 3.05) is 0 Å². The highest BCUT2D eigenvalue weighted by Crippen LogP contribution is 2.29. The smallest absolute Gasteiger partial charge is 0.258 e. The van der Waals surface area contributed by atoms with Gasteiger partial charge in [-0.1, -0.05) is 39.7 Å². The number of hydrogen-bond donors (Lipinski definition) is 0. The fourth-order valence-electron chi connectivity index (χ4n) is 1.51. The van der Waals surface area contributed by atoms with Crippen molar-refractivity contribution in [2.45, 2.75) is 10.6 Å². The normalized spacial score (nSPS) is 10.4. The SMILES string of the molecule is O=[N+]([O-])c1cc(CSc2cccc(Br)c2)ccc1Cl. The summed E-state index contributed by atoms with van der Waals surface area (Å²) in [6, 6.07) is 12.8. The molecule has 3 nitrogen and oxygen atoms in total. The molecule has 0 aliphatic carbocycles. The summed E-state index contributed by atoms with van der Waals surface area (Å²) in [6.45, 7) is 0. The molecule has 0 heterocycles. The number of hydrogen-bond acceptors (Lipinski definition) is 3. The molecule has 0 saturated carbocycles. The highest BCUT2D eigenvalue weighted by Gasteiger charge is 2.12. The zero-order valence-corrected chi connectivity index (χ0v) is 12.8. The highest BCUT2D eigenvalue weighted by atomic mass is 79.9. The molecule has 98 valence electrons. The second-order valence-corrected chi connectivity index (χ2v) is 6.16. The van der Waals surface area contributed by atoms with Crippen LogP contribution in [0.2, 0.25) is 5.02 Å². The summed E-state index contributed by atoms with van der Waals surface area (Å²) in [7, 11) is 0. The molecular formula is C13H9BrClNO2S. The van der Waals surface area contributed by atoms with E-state index in [0.29, 0.717) is 5.75 Å². The molecular weight excluding hydrogens is 350 g/mol. The van der Waals surface area contributed by atoms with Crippen molar-refractivity contribution in [3.8, 4) is 0 Å². The van der Waals surface area contributed by atoms with Crippen molar-refractivity contribution in [3.63, 3.8) is 0 Å². The lowest BCUT2D eigenvalue weighted by atomic mass is 10.2. The van der Waals surface area contributed by atoms with Crippen molar-refractivity contribution in [2.24, 2.45) is 0 Å². The number of rotatable bonds is 4. The summed E-state index contributed by atoms with van der Waals surface area (Å²) >= 11 is 10.8. The van der Waals surface area contributed by atoms with E-state index in [0.717, 1.165) is 14.9 Å². The van der Waals surface area contributed by atoms with Gasteiger partial charge in [0.05, 0.1) is 4.92 Å². The van der Waals surface area contributed by atoms with Crippen molar-refractivity contribution in [1.29, 1.82) is 0 Å². The summed E-state index contributed by atoms with van der Waals surface area (Å²) in [4.78, 5) is 11.4. The second kappa shape index (κ2) is 6.41. The molecule has 2 rings (SSSR count). The molecule has 0 aliphatic heterocycles. The topological polar surface area (TPSA) is 43.1 Å². The van der Waals surface area contributed by atoms with Crippen molar-refractivity contribution in [1.82, 2.24) is 0 Å². The van der Waals surface area contributed by atoms with Crippen LogP contribution in [0.1, 0.15) is 5.56 Å². The Kier molecular flexibility index (Phi) is 4.85. The lowest BCUT2D eigenvalue weighted by molar-refractivity contribution is -0.384. The van der Waals surface area contributed by atoms with Crippen LogP contribution in [0.3, 0.4) is 0 Å². The first-order valence-electron chi connectivity index (χ1n) is 5.37. The Hall–Kier alpha value is -1.04. The van der Waals surface area contributed by atoms with E-state index in [1.807, 2.05) is 24.3 Å². The van der Waals surface area contributed by atoms with Gasteiger partial charge in [-0.2, -0.15) is 0 Å². The van der Waals surface area contributed by atoms with Gasteiger partial charge in [0.2, 0.25) is 0 Å². The van der Waals surface area contributed by atoms with E-state index in [4.69, 9.17) is 11.6 Å². The molecule has 2 aromatic rings. The van der Waals surface area contributed by atoms with Gasteiger partial charge in [-0.25, -0.2) is 0 Å². The molecule has 0 amide bonds. The molecule has 6 heteroatoms. The molecule has 0 unspecified atom stereocenters. The predicted octanol–water partition coefficient (Wildman–Crippen LogP) is 5.30. The van der Waals surface area contributed by atoms with E-state index in [1.54, 1.807) is 23.9 Å². The molecule has 0 N–H and O–H groups in total. The molecule has 0 saturated heterocycles. The Morgan fingerprint density at radius 3 is 2.74 bits per heavy atom. The number of nitro groups is 1. The fourth-order valence-corrected chi connectivity index (χ4v) is 3.15. The first kappa shape index (κ1) is 14.4. The van der Waals surface area contributed by atoms with Gasteiger partial charge in [0.25, 0.3) is 5.69 Å². The quantitative estimate of drug-likeness (QED) is 0.423. The predicted molar refractivity (Wildman–Crippen MR) is 81.8 cm³/mol. The number of halogens is 2. The average Bonchev–Trinajstić information content (AvgIpc) is 2.37. The van der Waals surface area contributed by atoms with Crippen LogP contribution in [0.25, 0.3) is 0 Å². The lowest BCUT2D eigenvalue weighted by Crippen LogP contribution is -1.91. The fraction of sp³-hybridized carbons (Fsp3) is 0.0769. The number of nitro benzene ring substituents is 1. The molecule has 0 aliphatic rings. The van der Waals surface area contributed by atoms with Crippen LogP contribution in [0, 0.1) is 10.1 Å². The van der Waals surface area contributed by atoms with Crippen LogP contribution >= 0.6 is 39.3 Å². The van der Waals surface area contributed by atoms with Gasteiger partial charge in [-0.15, -0.1) is 11.8 Å². The summed E-state index contributed by atoms with van der Waals surface area (Å²) < 4.78 is 1.01. The van der Waals surface area contributed by atoms with E-state index in [-0.39, 0.29) is 10.7 Å². The van der Waals surface area contributed by atoms with E-state index >= 15 is 0 Å². The summed E-state index contributed by atoms with van der Waals surface area (Å²) in [5, 5.41) is 11.0. The van der Waals surface area contributed by atoms with Gasteiger partial charge >= 0.3 is 0 Å². The maximum atomic E-state index is 10.8. The zero-order valence-electron chi connectivity index (χ0n) is 9.68. The van der Waals surface area contributed by atoms with E-state index in [1.165, 1.54) is 6.07 Å². The summed E-state index contributed by atoms with van der Waals surface area (Å²) in [6.07, 6.45) is 0. The zero-order chi connectivity index (χ0) is 13.8. The van der Waals surface area contributed by atoms with Crippen LogP contribution in [0.5, 0.6) is 0 Å². The Balaban J connectivity index is 2.12. The van der Waals surface area contributed by atoms with E-state index < -0.39 is 4.92 Å². The third kappa shape index (κ3) is 3.96. The first-order chi connectivity index (χ1) is 9.06. The van der Waals surface area contributed by atoms with E-state index in [2.05, 4.69) is 15.9 Å². The second-order valence-electron chi connectivity index (χ2n) is 3.79. The minimum atomic E-state index is -0.463. The van der Waals surface area contributed by atoms with Crippen molar-refractivity contribution < 1.29 is 4.92 Å². The Bertz CT molecular complexity index is 621. The number of thioether (sulfide) groups is 1. The van der Waals surface area contributed by atoms with Gasteiger partial charge in [-0.05, 0) is 29.8 Å². The first-order valence-corrected chi connectivity index (χ1v) is 7.53. The molecule has 0 spiro atoms. The Labute approximate surface area is 128 Å². The monoisotopic (exact) mass is 357 g/mol. The molecule has 0 fully saturated rings. The molecule has 2 aromatic carbocycles. The van der Waals surface area contributed by atoms with Crippen LogP contribution in [0.15, 0.2) is 51.8 Å². The maximum Gasteiger partial charge on any atom is 0.288 e. The van der Waals surface area contributed by atoms with Gasteiger partial charge in [0, 0.05) is 21.2 Å². The van der Waals surface area contributed by atoms with Crippen LogP contribution in [-0.4, -0.2) is 4.92 Å². The molecule has 0 atom stereocenters. The molecule has 0 bridgehead atoms. The summed E-state index contributed by atoms with van der Waals surface area (Å²) in [5.74, 6) is 0.661. The molecule has 0 radical (unpaired) electrons. The lowest BCUT2D eigenvalue weighted by Gasteiger charge is -2.03. The Morgan fingerprint density at radius 1 is 1.26 bits per heavy atom. The number of nitrogens with zero attached hydrogens (tertiary/aromatic N) is 1. The minimum absolute atomic E-state index is 0.0472. The standard InChI is InChI=1S/C13H9BrClNO2S/c14-10-2-1-3-11(7-10)19-8-9-4-5-12(15)13(6-9)16(17)18/h1-7H,8H2. The van der Waals surface area contributed by atoms with Crippen LogP contribution < -0.4 is 0 Å². The van der Waals surface area contributed by atoms with Crippen LogP contribution in [0.4, 0.5) is 5.69 Å². The van der Waals surface area contributed by atoms with Gasteiger partial charge in [0.1, 0.15) is 5.02 Å². The van der Waals surface area contributed by atoms with Gasteiger partial charge in [0.15, 0.2) is 0 Å². The van der Waals surface area contributed by atoms with Crippen molar-refractivity contribution >= 4 is 45.0 Å². The van der Waals surface area contributed by atoms with Crippen LogP contribution in [-0.2, 0) is 5.75 Å². The van der Waals surface area contributed by atoms with Gasteiger partial charge in [-0.3, -0.25) is 10.1 Å².